The smallest absolute Gasteiger partial charge is 0.426 e. The molecule has 2 N–H and O–H groups in total. The molecule has 0 bridgehead atoms. The average molecular weight is 218 g/mol. The monoisotopic (exact) mass is 218 g/mol. The minimum atomic E-state index is -1.24. The first-order valence-corrected chi connectivity index (χ1v) is 4.45. The third kappa shape index (κ3) is 3.03. The maximum Gasteiger partial charge on any atom is 0.426 e. The predicted molar refractivity (Wildman–Crippen MR) is 58.8 cm³/mol. The number of nitrogens with zero attached hydrogens (tertiary/aromatic N) is 1. The fourth-order valence-electron chi connectivity index (χ4n) is 1.08. The Balaban J connectivity index is 2.81. The highest BCUT2D eigenvalue weighted by molar-refractivity contribution is 5.71. The van der Waals surface area contributed by atoms with Crippen LogP contribution < -0.4 is 5.43 Å². The Morgan fingerprint density at radius 2 is 2.38 bits per heavy atom. The van der Waals surface area contributed by atoms with Gasteiger partial charge in [0.2, 0.25) is 0 Å². The van der Waals surface area contributed by atoms with E-state index in [2.05, 4.69) is 11.3 Å². The molecule has 5 heteroatoms. The normalized spacial score (nSPS) is 8.94. The number of terminal acetylenes is 1. The van der Waals surface area contributed by atoms with Crippen LogP contribution in [-0.4, -0.2) is 29.0 Å². The van der Waals surface area contributed by atoms with E-state index in [-0.39, 0.29) is 6.54 Å². The van der Waals surface area contributed by atoms with E-state index in [0.29, 0.717) is 17.5 Å². The molecule has 1 rings (SSSR count). The lowest BCUT2D eigenvalue weighted by atomic mass is 10.2. The molecule has 0 aliphatic heterocycles. The zero-order valence-electron chi connectivity index (χ0n) is 8.38. The Morgan fingerprint density at radius 1 is 1.62 bits per heavy atom. The number of hydrogen-bond donors (Lipinski definition) is 2. The van der Waals surface area contributed by atoms with Gasteiger partial charge in [0.1, 0.15) is 12.8 Å². The van der Waals surface area contributed by atoms with Crippen LogP contribution in [0.2, 0.25) is 0 Å². The lowest BCUT2D eigenvalue weighted by Gasteiger charge is -2.18. The van der Waals surface area contributed by atoms with Gasteiger partial charge in [-0.05, 0) is 18.2 Å². The fourth-order valence-corrected chi connectivity index (χ4v) is 1.08. The minimum Gasteiger partial charge on any atom is -0.464 e. The van der Waals surface area contributed by atoms with Crippen LogP contribution in [0.4, 0.5) is 10.5 Å². The zero-order valence-corrected chi connectivity index (χ0v) is 8.38. The van der Waals surface area contributed by atoms with Crippen molar-refractivity contribution in [3.8, 4) is 12.3 Å². The third-order valence-electron chi connectivity index (χ3n) is 1.78. The van der Waals surface area contributed by atoms with Crippen molar-refractivity contribution in [3.05, 3.63) is 29.8 Å². The van der Waals surface area contributed by atoms with Gasteiger partial charge >= 0.3 is 6.09 Å². The molecule has 0 fully saturated rings. The van der Waals surface area contributed by atoms with Crippen LogP contribution in [0.5, 0.6) is 0 Å². The summed E-state index contributed by atoms with van der Waals surface area (Å²) in [5, 5.41) is 9.52. The second-order valence-corrected chi connectivity index (χ2v) is 2.90. The van der Waals surface area contributed by atoms with Crippen LogP contribution in [0.15, 0.2) is 24.3 Å². The summed E-state index contributed by atoms with van der Waals surface area (Å²) >= 11 is 0. The second kappa shape index (κ2) is 5.41. The molecule has 0 saturated carbocycles. The van der Waals surface area contributed by atoms with Crippen LogP contribution in [-0.2, 0) is 4.79 Å². The molecule has 0 spiro atoms. The third-order valence-corrected chi connectivity index (χ3v) is 1.78. The maximum atomic E-state index is 10.7. The highest BCUT2D eigenvalue weighted by atomic mass is 16.4. The number of carbonyl (C=O) groups is 2. The van der Waals surface area contributed by atoms with Gasteiger partial charge in [-0.1, -0.05) is 12.0 Å². The van der Waals surface area contributed by atoms with Gasteiger partial charge in [0.15, 0.2) is 0 Å². The Hall–Kier alpha value is -2.48. The molecule has 5 nitrogen and oxygen atoms in total. The molecule has 0 radical (unpaired) electrons. The van der Waals surface area contributed by atoms with Crippen molar-refractivity contribution in [2.24, 2.45) is 0 Å². The summed E-state index contributed by atoms with van der Waals surface area (Å²) in [4.78, 5) is 21.0. The van der Waals surface area contributed by atoms with Crippen LogP contribution >= 0.6 is 0 Å². The predicted octanol–water partition coefficient (Wildman–Crippen LogP) is 1.17. The number of hydrogen-bond acceptors (Lipinski definition) is 3. The molecule has 1 aromatic carbocycles. The molecular weight excluding hydrogens is 208 g/mol. The van der Waals surface area contributed by atoms with E-state index in [4.69, 9.17) is 11.5 Å². The van der Waals surface area contributed by atoms with E-state index in [1.165, 1.54) is 0 Å². The lowest BCUT2D eigenvalue weighted by Crippen LogP contribution is -2.36. The van der Waals surface area contributed by atoms with Gasteiger partial charge < -0.3 is 9.90 Å². The van der Waals surface area contributed by atoms with E-state index < -0.39 is 6.09 Å². The fraction of sp³-hybridized carbons (Fsp3) is 0.0909. The van der Waals surface area contributed by atoms with Gasteiger partial charge in [0.25, 0.3) is 0 Å². The number of nitrogens with one attached hydrogen (secondary N) is 1. The number of rotatable bonds is 4. The first-order valence-electron chi connectivity index (χ1n) is 4.45. The number of aldehydes is 1. The summed E-state index contributed by atoms with van der Waals surface area (Å²) in [7, 11) is 0. The van der Waals surface area contributed by atoms with Gasteiger partial charge in [-0.15, -0.1) is 6.42 Å². The van der Waals surface area contributed by atoms with Gasteiger partial charge in [-0.3, -0.25) is 5.43 Å². The SMILES string of the molecule is C#Cc1cccc(NN(CC=O)C(=O)O)c1. The number of carbonyl (C=O) groups excluding carboxylic acids is 1. The van der Waals surface area contributed by atoms with Crippen LogP contribution in [0.3, 0.4) is 0 Å². The van der Waals surface area contributed by atoms with Gasteiger partial charge in [0, 0.05) is 5.56 Å². The van der Waals surface area contributed by atoms with Crippen LogP contribution in [0, 0.1) is 12.3 Å². The first kappa shape index (κ1) is 11.6. The van der Waals surface area contributed by atoms with Crippen molar-refractivity contribution in [2.45, 2.75) is 0 Å². The van der Waals surface area contributed by atoms with E-state index >= 15 is 0 Å². The molecule has 1 amide bonds. The van der Waals surface area contributed by atoms with Crippen molar-refractivity contribution in [2.75, 3.05) is 12.0 Å². The number of amides is 1. The van der Waals surface area contributed by atoms with Crippen molar-refractivity contribution in [1.29, 1.82) is 0 Å². The van der Waals surface area contributed by atoms with E-state index in [9.17, 15) is 9.59 Å². The largest absolute Gasteiger partial charge is 0.464 e. The van der Waals surface area contributed by atoms with E-state index in [0.717, 1.165) is 5.01 Å². The first-order chi connectivity index (χ1) is 7.67. The summed E-state index contributed by atoms with van der Waals surface area (Å²) in [6.07, 6.45) is 4.46. The second-order valence-electron chi connectivity index (χ2n) is 2.90. The lowest BCUT2D eigenvalue weighted by molar-refractivity contribution is -0.108. The topological polar surface area (TPSA) is 69.6 Å². The van der Waals surface area contributed by atoms with Crippen molar-refractivity contribution >= 4 is 18.1 Å². The standard InChI is InChI=1S/C11H10N2O3/c1-2-9-4-3-5-10(8-9)12-13(6-7-14)11(15)16/h1,3-5,7-8,12H,6H2,(H,15,16). The molecule has 82 valence electrons. The number of benzene rings is 1. The van der Waals surface area contributed by atoms with E-state index in [1.54, 1.807) is 24.3 Å². The Bertz CT molecular complexity index is 437. The number of hydrazine groups is 1. The zero-order chi connectivity index (χ0) is 12.0. The van der Waals surface area contributed by atoms with Crippen molar-refractivity contribution < 1.29 is 14.7 Å². The Morgan fingerprint density at radius 3 is 2.94 bits per heavy atom. The molecule has 0 unspecified atom stereocenters. The summed E-state index contributed by atoms with van der Waals surface area (Å²) in [6, 6.07) is 6.68. The molecule has 0 heterocycles. The molecule has 0 aromatic heterocycles. The molecule has 16 heavy (non-hydrogen) atoms. The molecule has 0 aliphatic rings. The molecular formula is C11H10N2O3. The summed E-state index contributed by atoms with van der Waals surface area (Å²) in [5.41, 5.74) is 3.70. The highest BCUT2D eigenvalue weighted by Crippen LogP contribution is 2.10. The highest BCUT2D eigenvalue weighted by Gasteiger charge is 2.10. The molecule has 0 aliphatic carbocycles. The molecule has 1 aromatic rings. The van der Waals surface area contributed by atoms with Gasteiger partial charge in [-0.25, -0.2) is 9.80 Å². The number of anilines is 1. The Kier molecular flexibility index (Phi) is 3.92. The van der Waals surface area contributed by atoms with Crippen LogP contribution in [0.1, 0.15) is 5.56 Å². The van der Waals surface area contributed by atoms with Crippen molar-refractivity contribution in [1.82, 2.24) is 5.01 Å². The number of carboxylic acid groups (broad SMARTS) is 1. The van der Waals surface area contributed by atoms with Crippen LogP contribution in [0.25, 0.3) is 0 Å². The average Bonchev–Trinajstić information content (AvgIpc) is 2.28. The quantitative estimate of drug-likeness (QED) is 0.452. The molecule has 0 atom stereocenters. The maximum absolute atomic E-state index is 10.7. The molecule has 0 saturated heterocycles. The van der Waals surface area contributed by atoms with Gasteiger partial charge in [0.05, 0.1) is 5.69 Å². The Labute approximate surface area is 92.7 Å². The van der Waals surface area contributed by atoms with Crippen molar-refractivity contribution in [3.63, 3.8) is 0 Å². The minimum absolute atomic E-state index is 0.254. The summed E-state index contributed by atoms with van der Waals surface area (Å²) in [6.45, 7) is -0.254. The summed E-state index contributed by atoms with van der Waals surface area (Å²) in [5.74, 6) is 2.43. The summed E-state index contributed by atoms with van der Waals surface area (Å²) < 4.78 is 0. The van der Waals surface area contributed by atoms with E-state index in [1.807, 2.05) is 0 Å². The van der Waals surface area contributed by atoms with Gasteiger partial charge in [-0.2, -0.15) is 0 Å².